The Bertz CT molecular complexity index is 1700. The van der Waals surface area contributed by atoms with Crippen LogP contribution in [0.1, 0.15) is 341 Å². The molecule has 0 aromatic heterocycles. The second kappa shape index (κ2) is 57.4. The van der Waals surface area contributed by atoms with E-state index in [1.165, 1.54) is 263 Å². The quantitative estimate of drug-likeness (QED) is 0.0252. The van der Waals surface area contributed by atoms with E-state index in [-0.39, 0.29) is 18.9 Å². The predicted molar refractivity (Wildman–Crippen MR) is 370 cm³/mol. The summed E-state index contributed by atoms with van der Waals surface area (Å²) >= 11 is 0. The molecular weight excluding hydrogens is 1200 g/mol. The molecule has 94 heavy (non-hydrogen) atoms. The first-order valence-corrected chi connectivity index (χ1v) is 39.3. The van der Waals surface area contributed by atoms with Gasteiger partial charge in [-0.3, -0.25) is 4.79 Å². The first-order chi connectivity index (χ1) is 45.8. The molecule has 558 valence electrons. The van der Waals surface area contributed by atoms with Crippen molar-refractivity contribution in [3.8, 4) is 0 Å². The summed E-state index contributed by atoms with van der Waals surface area (Å²) in [4.78, 5) is 13.5. The minimum absolute atomic E-state index is 0.234. The zero-order chi connectivity index (χ0) is 68.2. The van der Waals surface area contributed by atoms with Crippen molar-refractivity contribution >= 4 is 5.91 Å². The van der Waals surface area contributed by atoms with Gasteiger partial charge in [0.2, 0.25) is 5.91 Å². The molecule has 0 aromatic rings. The van der Waals surface area contributed by atoms with Crippen LogP contribution in [0.3, 0.4) is 0 Å². The van der Waals surface area contributed by atoms with Crippen LogP contribution in [0.4, 0.5) is 0 Å². The van der Waals surface area contributed by atoms with Gasteiger partial charge in [0.25, 0.3) is 0 Å². The Hall–Kier alpha value is -1.21. The van der Waals surface area contributed by atoms with Crippen LogP contribution in [0.2, 0.25) is 0 Å². The molecule has 0 radical (unpaired) electrons. The van der Waals surface area contributed by atoms with E-state index in [0.717, 1.165) is 44.9 Å². The standard InChI is InChI=1S/C75H145NO18/c1-3-5-7-9-11-13-15-17-19-21-23-24-25-26-27-28-29-30-31-32-33-35-36-38-40-42-44-46-48-50-52-59(80)58(76-63(81)53-51-49-47-45-43-41-39-37-34-22-20-18-16-14-12-10-8-6-4-2)57-89-73-69(87)66(84)71(61(55-78)91-73)94-75-70(88)67(85)72(62(56-79)92-75)93-74-68(86)65(83)64(82)60(54-77)90-74/h58-62,64-75,77-80,82-88H,3-57H2,1-2H3,(H,76,81). The van der Waals surface area contributed by atoms with Gasteiger partial charge in [0.05, 0.1) is 38.6 Å². The number of aliphatic hydroxyl groups is 11. The zero-order valence-electron chi connectivity index (χ0n) is 59.5. The number of carbonyl (C=O) groups is 1. The Morgan fingerprint density at radius 1 is 0.340 bits per heavy atom. The lowest BCUT2D eigenvalue weighted by atomic mass is 9.96. The van der Waals surface area contributed by atoms with E-state index in [2.05, 4.69) is 19.2 Å². The Morgan fingerprint density at radius 2 is 0.606 bits per heavy atom. The maximum absolute atomic E-state index is 13.5. The number of amides is 1. The lowest BCUT2D eigenvalue weighted by Crippen LogP contribution is -2.66. The molecule has 17 unspecified atom stereocenters. The number of hydrogen-bond donors (Lipinski definition) is 12. The van der Waals surface area contributed by atoms with Gasteiger partial charge in [-0.15, -0.1) is 0 Å². The number of rotatable bonds is 63. The summed E-state index contributed by atoms with van der Waals surface area (Å²) in [5, 5.41) is 121. The molecule has 1 amide bonds. The fraction of sp³-hybridized carbons (Fsp3) is 0.987. The fourth-order valence-corrected chi connectivity index (χ4v) is 13.8. The summed E-state index contributed by atoms with van der Waals surface area (Å²) in [5.41, 5.74) is 0. The first kappa shape index (κ1) is 87.0. The highest BCUT2D eigenvalue weighted by Crippen LogP contribution is 2.33. The number of ether oxygens (including phenoxy) is 6. The van der Waals surface area contributed by atoms with Crippen molar-refractivity contribution in [2.75, 3.05) is 26.4 Å². The van der Waals surface area contributed by atoms with Crippen molar-refractivity contribution in [1.29, 1.82) is 0 Å². The average Bonchev–Trinajstić information content (AvgIpc) is 0.787. The molecular formula is C75H145NO18. The highest BCUT2D eigenvalue weighted by molar-refractivity contribution is 5.76. The van der Waals surface area contributed by atoms with Crippen LogP contribution in [0, 0.1) is 0 Å². The van der Waals surface area contributed by atoms with Crippen molar-refractivity contribution in [2.45, 2.75) is 446 Å². The van der Waals surface area contributed by atoms with Crippen LogP contribution in [-0.2, 0) is 33.2 Å². The van der Waals surface area contributed by atoms with Crippen LogP contribution in [0.25, 0.3) is 0 Å². The average molecular weight is 1350 g/mol. The second-order valence-electron chi connectivity index (χ2n) is 28.5. The maximum atomic E-state index is 13.5. The van der Waals surface area contributed by atoms with E-state index < -0.39 is 124 Å². The molecule has 0 bridgehead atoms. The van der Waals surface area contributed by atoms with Crippen molar-refractivity contribution in [1.82, 2.24) is 5.32 Å². The molecule has 3 aliphatic rings. The number of hydrogen-bond acceptors (Lipinski definition) is 18. The molecule has 19 nitrogen and oxygen atoms in total. The lowest BCUT2D eigenvalue weighted by Gasteiger charge is -2.48. The van der Waals surface area contributed by atoms with E-state index in [1.807, 2.05) is 0 Å². The molecule has 3 heterocycles. The molecule has 0 spiro atoms. The Balaban J connectivity index is 1.36. The summed E-state index contributed by atoms with van der Waals surface area (Å²) in [6, 6.07) is -0.883. The van der Waals surface area contributed by atoms with E-state index in [1.54, 1.807) is 0 Å². The molecule has 0 aromatic carbocycles. The maximum Gasteiger partial charge on any atom is 0.220 e. The lowest BCUT2D eigenvalue weighted by molar-refractivity contribution is -0.379. The Labute approximate surface area is 570 Å². The molecule has 3 aliphatic heterocycles. The number of carbonyl (C=O) groups excluding carboxylic acids is 1. The number of unbranched alkanes of at least 4 members (excludes halogenated alkanes) is 47. The van der Waals surface area contributed by atoms with Gasteiger partial charge in [0.1, 0.15) is 73.2 Å². The Morgan fingerprint density at radius 3 is 0.926 bits per heavy atom. The highest BCUT2D eigenvalue weighted by atomic mass is 16.8. The van der Waals surface area contributed by atoms with Gasteiger partial charge in [-0.1, -0.05) is 322 Å². The first-order valence-electron chi connectivity index (χ1n) is 39.3. The summed E-state index contributed by atoms with van der Waals surface area (Å²) < 4.78 is 34.5. The monoisotopic (exact) mass is 1350 g/mol. The third-order valence-corrected chi connectivity index (χ3v) is 20.2. The third kappa shape index (κ3) is 38.0. The molecule has 17 atom stereocenters. The summed E-state index contributed by atoms with van der Waals surface area (Å²) in [5.74, 6) is -0.234. The highest BCUT2D eigenvalue weighted by Gasteiger charge is 2.54. The fourth-order valence-electron chi connectivity index (χ4n) is 13.8. The molecule has 0 aliphatic carbocycles. The molecule has 3 saturated heterocycles. The normalized spacial score (nSPS) is 27.3. The van der Waals surface area contributed by atoms with Crippen molar-refractivity contribution in [3.05, 3.63) is 0 Å². The SMILES string of the molecule is CCCCCCCCCCCCCCCCCCCCCCCCCCCCCCCCC(O)C(COC1OC(CO)C(OC2OC(CO)C(OC3OC(CO)C(O)C(O)C3O)C(O)C2O)C(O)C1O)NC(=O)CCCCCCCCCCCCCCCCCCCCC. The molecule has 3 rings (SSSR count). The van der Waals surface area contributed by atoms with E-state index in [0.29, 0.717) is 12.8 Å². The van der Waals surface area contributed by atoms with Crippen LogP contribution >= 0.6 is 0 Å². The van der Waals surface area contributed by atoms with Gasteiger partial charge in [-0.25, -0.2) is 0 Å². The van der Waals surface area contributed by atoms with E-state index >= 15 is 0 Å². The summed E-state index contributed by atoms with van der Waals surface area (Å²) in [6.45, 7) is 1.87. The van der Waals surface area contributed by atoms with Crippen molar-refractivity contribution < 1.29 is 89.4 Å². The van der Waals surface area contributed by atoms with Crippen molar-refractivity contribution in [3.63, 3.8) is 0 Å². The number of nitrogens with one attached hydrogen (secondary N) is 1. The Kier molecular flexibility index (Phi) is 53.1. The smallest absolute Gasteiger partial charge is 0.220 e. The minimum Gasteiger partial charge on any atom is -0.394 e. The number of aliphatic hydroxyl groups excluding tert-OH is 11. The molecule has 12 N–H and O–H groups in total. The van der Waals surface area contributed by atoms with Gasteiger partial charge in [-0.05, 0) is 12.8 Å². The van der Waals surface area contributed by atoms with Gasteiger partial charge >= 0.3 is 0 Å². The van der Waals surface area contributed by atoms with Crippen LogP contribution in [-0.4, -0.2) is 193 Å². The predicted octanol–water partition coefficient (Wildman–Crippen LogP) is 12.2. The molecule has 0 saturated carbocycles. The minimum atomic E-state index is -1.97. The van der Waals surface area contributed by atoms with Gasteiger partial charge in [0.15, 0.2) is 18.9 Å². The van der Waals surface area contributed by atoms with Crippen LogP contribution in [0.15, 0.2) is 0 Å². The summed E-state index contributed by atoms with van der Waals surface area (Å²) in [7, 11) is 0. The van der Waals surface area contributed by atoms with E-state index in [9.17, 15) is 61.0 Å². The second-order valence-corrected chi connectivity index (χ2v) is 28.5. The van der Waals surface area contributed by atoms with Gasteiger partial charge in [0, 0.05) is 6.42 Å². The van der Waals surface area contributed by atoms with Crippen LogP contribution < -0.4 is 5.32 Å². The molecule has 3 fully saturated rings. The molecule has 19 heteroatoms. The summed E-state index contributed by atoms with van der Waals surface area (Å²) in [6.07, 6.45) is 37.6. The van der Waals surface area contributed by atoms with Gasteiger partial charge in [-0.2, -0.15) is 0 Å². The van der Waals surface area contributed by atoms with E-state index in [4.69, 9.17) is 28.4 Å². The van der Waals surface area contributed by atoms with Crippen LogP contribution in [0.5, 0.6) is 0 Å². The third-order valence-electron chi connectivity index (χ3n) is 20.2. The topological polar surface area (TPSA) is 307 Å². The van der Waals surface area contributed by atoms with Crippen molar-refractivity contribution in [2.24, 2.45) is 0 Å². The largest absolute Gasteiger partial charge is 0.394 e. The zero-order valence-corrected chi connectivity index (χ0v) is 59.5. The van der Waals surface area contributed by atoms with Gasteiger partial charge < -0.3 is 89.9 Å².